The highest BCUT2D eigenvalue weighted by Crippen LogP contribution is 2.45. The molecule has 0 spiro atoms. The molecular weight excluding hydrogens is 668 g/mol. The van der Waals surface area contributed by atoms with Crippen LogP contribution in [0.15, 0.2) is 116 Å². The first kappa shape index (κ1) is 34.4. The second-order valence-electron chi connectivity index (χ2n) is 12.5. The lowest BCUT2D eigenvalue weighted by Crippen LogP contribution is -2.38. The number of imidazole rings is 1. The molecule has 262 valence electrons. The summed E-state index contributed by atoms with van der Waals surface area (Å²) in [6.07, 6.45) is 2.09. The molecule has 0 saturated heterocycles. The summed E-state index contributed by atoms with van der Waals surface area (Å²) in [7, 11) is 4.93. The molecule has 4 atom stereocenters. The van der Waals surface area contributed by atoms with Gasteiger partial charge in [-0.2, -0.15) is 0 Å². The SMILES string of the molecule is COc1ccc(CO[C@@H]2[C@@H](COC(c3ccccc3)(c3ccc(OC)cc3)c3ccc(OC)cc3)C[C@@H](n3cnc4c(Cl)ncnc43)[C@@H]2O)cc1. The monoisotopic (exact) mass is 706 g/mol. The van der Waals surface area contributed by atoms with Crippen LogP contribution in [0.3, 0.4) is 0 Å². The third-order valence-electron chi connectivity index (χ3n) is 9.70. The number of methoxy groups -OCH3 is 3. The average molecular weight is 707 g/mol. The molecule has 0 unspecified atom stereocenters. The number of benzene rings is 4. The molecule has 0 aliphatic heterocycles. The number of aromatic nitrogens is 4. The summed E-state index contributed by atoms with van der Waals surface area (Å²) < 4.78 is 32.1. The van der Waals surface area contributed by atoms with Gasteiger partial charge in [0, 0.05) is 5.92 Å². The van der Waals surface area contributed by atoms with Crippen LogP contribution in [0.4, 0.5) is 0 Å². The molecule has 2 aromatic heterocycles. The van der Waals surface area contributed by atoms with E-state index in [1.54, 1.807) is 27.7 Å². The van der Waals surface area contributed by atoms with E-state index in [1.807, 2.05) is 95.6 Å². The number of hydrogen-bond acceptors (Lipinski definition) is 9. The molecule has 2 heterocycles. The van der Waals surface area contributed by atoms with Gasteiger partial charge in [0.05, 0.1) is 53.0 Å². The van der Waals surface area contributed by atoms with Gasteiger partial charge in [-0.1, -0.05) is 78.3 Å². The van der Waals surface area contributed by atoms with Crippen molar-refractivity contribution in [2.45, 2.75) is 36.9 Å². The van der Waals surface area contributed by atoms with E-state index in [1.165, 1.54) is 6.33 Å². The van der Waals surface area contributed by atoms with E-state index in [9.17, 15) is 5.11 Å². The Morgan fingerprint density at radius 3 is 1.90 bits per heavy atom. The van der Waals surface area contributed by atoms with Crippen molar-refractivity contribution in [3.05, 3.63) is 143 Å². The van der Waals surface area contributed by atoms with Crippen molar-refractivity contribution < 1.29 is 28.8 Å². The summed E-state index contributed by atoms with van der Waals surface area (Å²) in [6, 6.07) is 33.3. The summed E-state index contributed by atoms with van der Waals surface area (Å²) in [5.41, 5.74) is 3.71. The first-order chi connectivity index (χ1) is 24.9. The van der Waals surface area contributed by atoms with Gasteiger partial charge in [-0.3, -0.25) is 0 Å². The van der Waals surface area contributed by atoms with Crippen LogP contribution in [0.25, 0.3) is 11.2 Å². The average Bonchev–Trinajstić information content (AvgIpc) is 3.76. The highest BCUT2D eigenvalue weighted by molar-refractivity contribution is 6.33. The Morgan fingerprint density at radius 1 is 0.745 bits per heavy atom. The molecule has 1 N–H and O–H groups in total. The Bertz CT molecular complexity index is 1990. The number of halogens is 1. The lowest BCUT2D eigenvalue weighted by molar-refractivity contribution is -0.0858. The molecule has 7 rings (SSSR count). The van der Waals surface area contributed by atoms with Crippen molar-refractivity contribution in [3.63, 3.8) is 0 Å². The van der Waals surface area contributed by atoms with Gasteiger partial charge in [0.15, 0.2) is 10.8 Å². The Kier molecular flexibility index (Phi) is 10.2. The molecule has 1 aliphatic rings. The fourth-order valence-electron chi connectivity index (χ4n) is 7.04. The minimum Gasteiger partial charge on any atom is -0.497 e. The number of rotatable bonds is 13. The zero-order valence-corrected chi connectivity index (χ0v) is 29.3. The first-order valence-electron chi connectivity index (χ1n) is 16.7. The third kappa shape index (κ3) is 6.75. The predicted molar refractivity (Wildman–Crippen MR) is 193 cm³/mol. The molecule has 6 aromatic rings. The van der Waals surface area contributed by atoms with E-state index in [0.717, 1.165) is 39.5 Å². The topological polar surface area (TPSA) is 110 Å². The Labute approximate surface area is 301 Å². The lowest BCUT2D eigenvalue weighted by Gasteiger charge is -2.37. The van der Waals surface area contributed by atoms with Gasteiger partial charge in [0.25, 0.3) is 0 Å². The minimum atomic E-state index is -1.04. The molecule has 0 radical (unpaired) electrons. The van der Waals surface area contributed by atoms with Gasteiger partial charge < -0.3 is 33.4 Å². The second kappa shape index (κ2) is 15.1. The standard InChI is InChI=1S/C40H39ClN4O6/c1-47-31-15-9-26(10-16-31)22-50-37-27(21-34(36(37)46)45-25-44-35-38(41)42-24-43-39(35)45)23-51-40(28-7-5-4-6-8-28,29-11-17-32(48-2)18-12-29)30-13-19-33(49-3)20-14-30/h4-20,24-25,27,34,36-37,46H,21-23H2,1-3H3/t27-,34-,36+,37-/m1/s1. The van der Waals surface area contributed by atoms with Crippen LogP contribution in [-0.2, 0) is 21.7 Å². The summed E-state index contributed by atoms with van der Waals surface area (Å²) in [5.74, 6) is 1.99. The van der Waals surface area contributed by atoms with Crippen LogP contribution in [0.2, 0.25) is 5.15 Å². The van der Waals surface area contributed by atoms with Crippen LogP contribution in [-0.4, -0.2) is 64.8 Å². The van der Waals surface area contributed by atoms with E-state index in [0.29, 0.717) is 17.6 Å². The van der Waals surface area contributed by atoms with E-state index in [2.05, 4.69) is 27.1 Å². The van der Waals surface area contributed by atoms with E-state index < -0.39 is 23.9 Å². The highest BCUT2D eigenvalue weighted by Gasteiger charge is 2.47. The number of nitrogens with zero attached hydrogens (tertiary/aromatic N) is 4. The number of aliphatic hydroxyl groups excluding tert-OH is 1. The van der Waals surface area contributed by atoms with Gasteiger partial charge in [-0.05, 0) is 65.1 Å². The van der Waals surface area contributed by atoms with Crippen LogP contribution in [0, 0.1) is 5.92 Å². The largest absolute Gasteiger partial charge is 0.497 e. The number of ether oxygens (including phenoxy) is 5. The van der Waals surface area contributed by atoms with Gasteiger partial charge in [0.1, 0.15) is 40.8 Å². The molecule has 4 aromatic carbocycles. The van der Waals surface area contributed by atoms with E-state index in [-0.39, 0.29) is 24.3 Å². The Hall–Kier alpha value is -5.00. The smallest absolute Gasteiger partial charge is 0.165 e. The van der Waals surface area contributed by atoms with Crippen molar-refractivity contribution in [1.29, 1.82) is 0 Å². The predicted octanol–water partition coefficient (Wildman–Crippen LogP) is 7.02. The minimum absolute atomic E-state index is 0.238. The fourth-order valence-corrected chi connectivity index (χ4v) is 7.22. The van der Waals surface area contributed by atoms with Crippen LogP contribution in [0.5, 0.6) is 17.2 Å². The van der Waals surface area contributed by atoms with E-state index >= 15 is 0 Å². The number of aliphatic hydroxyl groups is 1. The van der Waals surface area contributed by atoms with Gasteiger partial charge in [0.2, 0.25) is 0 Å². The van der Waals surface area contributed by atoms with Crippen molar-refractivity contribution in [2.24, 2.45) is 5.92 Å². The van der Waals surface area contributed by atoms with E-state index in [4.69, 9.17) is 35.3 Å². The normalized spacial score (nSPS) is 18.9. The second-order valence-corrected chi connectivity index (χ2v) is 12.8. The third-order valence-corrected chi connectivity index (χ3v) is 9.98. The molecule has 10 nitrogen and oxygen atoms in total. The van der Waals surface area contributed by atoms with Crippen LogP contribution < -0.4 is 14.2 Å². The summed E-state index contributed by atoms with van der Waals surface area (Å²) in [4.78, 5) is 13.0. The van der Waals surface area contributed by atoms with Crippen molar-refractivity contribution >= 4 is 22.8 Å². The fraction of sp³-hybridized carbons (Fsp3) is 0.275. The summed E-state index contributed by atoms with van der Waals surface area (Å²) >= 11 is 6.36. The van der Waals surface area contributed by atoms with Gasteiger partial charge in [-0.15, -0.1) is 0 Å². The van der Waals surface area contributed by atoms with Gasteiger partial charge in [-0.25, -0.2) is 15.0 Å². The number of fused-ring (bicyclic) bond motifs is 1. The van der Waals surface area contributed by atoms with Crippen molar-refractivity contribution in [1.82, 2.24) is 19.5 Å². The van der Waals surface area contributed by atoms with Crippen molar-refractivity contribution in [3.8, 4) is 17.2 Å². The zero-order chi connectivity index (χ0) is 35.4. The highest BCUT2D eigenvalue weighted by atomic mass is 35.5. The quantitative estimate of drug-likeness (QED) is 0.100. The van der Waals surface area contributed by atoms with Gasteiger partial charge >= 0.3 is 0 Å². The molecule has 1 fully saturated rings. The summed E-state index contributed by atoms with van der Waals surface area (Å²) in [5, 5.41) is 12.3. The zero-order valence-electron chi connectivity index (χ0n) is 28.6. The number of hydrogen-bond donors (Lipinski definition) is 1. The Balaban J connectivity index is 1.28. The molecule has 0 bridgehead atoms. The maximum absolute atomic E-state index is 12.0. The van der Waals surface area contributed by atoms with Crippen molar-refractivity contribution in [2.75, 3.05) is 27.9 Å². The molecular formula is C40H39ClN4O6. The molecule has 11 heteroatoms. The maximum Gasteiger partial charge on any atom is 0.165 e. The Morgan fingerprint density at radius 2 is 1.31 bits per heavy atom. The lowest BCUT2D eigenvalue weighted by atomic mass is 9.79. The molecule has 1 aliphatic carbocycles. The molecule has 1 saturated carbocycles. The van der Waals surface area contributed by atoms with Crippen LogP contribution >= 0.6 is 11.6 Å². The summed E-state index contributed by atoms with van der Waals surface area (Å²) in [6.45, 7) is 0.532. The molecule has 51 heavy (non-hydrogen) atoms. The first-order valence-corrected chi connectivity index (χ1v) is 17.1. The van der Waals surface area contributed by atoms with Crippen LogP contribution in [0.1, 0.15) is 34.7 Å². The molecule has 0 amide bonds. The maximum atomic E-state index is 12.0.